The van der Waals surface area contributed by atoms with Crippen molar-refractivity contribution in [1.82, 2.24) is 15.0 Å². The van der Waals surface area contributed by atoms with Gasteiger partial charge in [-0.2, -0.15) is 4.98 Å². The number of rotatable bonds is 5. The van der Waals surface area contributed by atoms with Crippen LogP contribution in [0.1, 0.15) is 24.6 Å². The van der Waals surface area contributed by atoms with Crippen LogP contribution in [0, 0.1) is 6.92 Å². The highest BCUT2D eigenvalue weighted by Crippen LogP contribution is 2.31. The van der Waals surface area contributed by atoms with E-state index in [1.54, 1.807) is 6.92 Å². The van der Waals surface area contributed by atoms with E-state index in [0.717, 1.165) is 6.42 Å². The van der Waals surface area contributed by atoms with Crippen molar-refractivity contribution < 1.29 is 19.2 Å². The van der Waals surface area contributed by atoms with Gasteiger partial charge in [0.05, 0.1) is 13.2 Å². The summed E-state index contributed by atoms with van der Waals surface area (Å²) in [6, 6.07) is 0. The number of carbonyl (C=O) groups is 1. The molecule has 0 spiro atoms. The zero-order chi connectivity index (χ0) is 13.2. The summed E-state index contributed by atoms with van der Waals surface area (Å²) in [6.07, 6.45) is 1.39. The van der Waals surface area contributed by atoms with Gasteiger partial charge in [0.25, 0.3) is 0 Å². The first-order valence-corrected chi connectivity index (χ1v) is 5.85. The van der Waals surface area contributed by atoms with E-state index in [-0.39, 0.29) is 6.61 Å². The Morgan fingerprint density at radius 3 is 3.00 bits per heavy atom. The number of ether oxygens (including phenoxy) is 1. The molecule has 2 heterocycles. The van der Waals surface area contributed by atoms with E-state index in [2.05, 4.69) is 10.1 Å². The molecule has 0 saturated carbocycles. The Kier molecular flexibility index (Phi) is 3.63. The molecule has 0 aromatic carbocycles. The van der Waals surface area contributed by atoms with Crippen molar-refractivity contribution in [3.63, 3.8) is 0 Å². The maximum atomic E-state index is 11.5. The molecule has 18 heavy (non-hydrogen) atoms. The minimum Gasteiger partial charge on any atom is -0.480 e. The number of hydrogen-bond acceptors (Lipinski definition) is 6. The van der Waals surface area contributed by atoms with Crippen LogP contribution in [0.5, 0.6) is 0 Å². The van der Waals surface area contributed by atoms with E-state index >= 15 is 0 Å². The molecule has 0 aliphatic carbocycles. The van der Waals surface area contributed by atoms with Crippen molar-refractivity contribution in [2.75, 3.05) is 20.3 Å². The molecule has 1 aromatic rings. The first kappa shape index (κ1) is 13.0. The van der Waals surface area contributed by atoms with Crippen LogP contribution in [-0.4, -0.2) is 51.9 Å². The first-order chi connectivity index (χ1) is 8.58. The summed E-state index contributed by atoms with van der Waals surface area (Å²) in [5.74, 6) is 0.131. The van der Waals surface area contributed by atoms with Gasteiger partial charge < -0.3 is 14.4 Å². The average molecular weight is 255 g/mol. The molecule has 1 aromatic heterocycles. The molecule has 1 N–H and O–H groups in total. The van der Waals surface area contributed by atoms with E-state index in [9.17, 15) is 9.90 Å². The quantitative estimate of drug-likeness (QED) is 0.816. The Morgan fingerprint density at radius 1 is 1.67 bits per heavy atom. The van der Waals surface area contributed by atoms with Crippen molar-refractivity contribution in [2.45, 2.75) is 31.8 Å². The normalized spacial score (nSPS) is 24.6. The van der Waals surface area contributed by atoms with Gasteiger partial charge in [-0.3, -0.25) is 9.69 Å². The molecule has 1 aliphatic heterocycles. The molecule has 1 atom stereocenters. The molecule has 1 fully saturated rings. The van der Waals surface area contributed by atoms with E-state index in [1.807, 2.05) is 4.90 Å². The Hall–Kier alpha value is -1.47. The molecular weight excluding hydrogens is 238 g/mol. The fourth-order valence-corrected chi connectivity index (χ4v) is 2.44. The molecule has 1 saturated heterocycles. The van der Waals surface area contributed by atoms with Crippen LogP contribution in [0.15, 0.2) is 4.52 Å². The first-order valence-electron chi connectivity index (χ1n) is 5.85. The Morgan fingerprint density at radius 2 is 2.44 bits per heavy atom. The predicted molar refractivity (Wildman–Crippen MR) is 60.9 cm³/mol. The van der Waals surface area contributed by atoms with Gasteiger partial charge in [0.1, 0.15) is 5.54 Å². The van der Waals surface area contributed by atoms with Crippen LogP contribution in [0.4, 0.5) is 0 Å². The van der Waals surface area contributed by atoms with Crippen LogP contribution < -0.4 is 0 Å². The van der Waals surface area contributed by atoms with Gasteiger partial charge in [0.2, 0.25) is 5.89 Å². The molecular formula is C11H17N3O4. The van der Waals surface area contributed by atoms with Gasteiger partial charge in [-0.15, -0.1) is 0 Å². The summed E-state index contributed by atoms with van der Waals surface area (Å²) in [5, 5.41) is 13.2. The number of aliphatic carboxylic acids is 1. The highest BCUT2D eigenvalue weighted by atomic mass is 16.5. The van der Waals surface area contributed by atoms with Gasteiger partial charge in [-0.05, 0) is 26.3 Å². The Labute approximate surface area is 105 Å². The zero-order valence-corrected chi connectivity index (χ0v) is 10.5. The topological polar surface area (TPSA) is 88.7 Å². The molecule has 2 rings (SSSR count). The molecule has 0 bridgehead atoms. The standard InChI is InChI=1S/C11H17N3O4/c1-8-12-9(18-13-8)6-14-5-3-4-11(14,7-17-2)10(15)16/h3-7H2,1-2H3,(H,15,16). The number of carboxylic acids is 1. The zero-order valence-electron chi connectivity index (χ0n) is 10.5. The minimum absolute atomic E-state index is 0.162. The van der Waals surface area contributed by atoms with Crippen LogP contribution in [-0.2, 0) is 16.1 Å². The van der Waals surface area contributed by atoms with Crippen molar-refractivity contribution in [3.8, 4) is 0 Å². The summed E-state index contributed by atoms with van der Waals surface area (Å²) in [7, 11) is 1.51. The molecule has 7 heteroatoms. The second-order valence-corrected chi connectivity index (χ2v) is 4.53. The number of aryl methyl sites for hydroxylation is 1. The Bertz CT molecular complexity index is 434. The second kappa shape index (κ2) is 5.03. The van der Waals surface area contributed by atoms with Crippen molar-refractivity contribution in [3.05, 3.63) is 11.7 Å². The van der Waals surface area contributed by atoms with Gasteiger partial charge in [-0.1, -0.05) is 5.16 Å². The number of methoxy groups -OCH3 is 1. The van der Waals surface area contributed by atoms with Gasteiger partial charge in [-0.25, -0.2) is 0 Å². The smallest absolute Gasteiger partial charge is 0.326 e. The lowest BCUT2D eigenvalue weighted by atomic mass is 9.97. The monoisotopic (exact) mass is 255 g/mol. The van der Waals surface area contributed by atoms with Crippen LogP contribution in [0.25, 0.3) is 0 Å². The van der Waals surface area contributed by atoms with E-state index in [0.29, 0.717) is 31.2 Å². The van der Waals surface area contributed by atoms with E-state index in [1.165, 1.54) is 7.11 Å². The molecule has 1 aliphatic rings. The number of likely N-dealkylation sites (tertiary alicyclic amines) is 1. The fraction of sp³-hybridized carbons (Fsp3) is 0.727. The lowest BCUT2D eigenvalue weighted by molar-refractivity contribution is -0.153. The van der Waals surface area contributed by atoms with Crippen molar-refractivity contribution in [1.29, 1.82) is 0 Å². The third kappa shape index (κ3) is 2.23. The van der Waals surface area contributed by atoms with Crippen LogP contribution >= 0.6 is 0 Å². The van der Waals surface area contributed by atoms with E-state index in [4.69, 9.17) is 9.26 Å². The maximum absolute atomic E-state index is 11.5. The molecule has 100 valence electrons. The minimum atomic E-state index is -0.975. The second-order valence-electron chi connectivity index (χ2n) is 4.53. The highest BCUT2D eigenvalue weighted by molar-refractivity contribution is 5.79. The number of hydrogen-bond donors (Lipinski definition) is 1. The van der Waals surface area contributed by atoms with Gasteiger partial charge >= 0.3 is 5.97 Å². The maximum Gasteiger partial charge on any atom is 0.326 e. The lowest BCUT2D eigenvalue weighted by Crippen LogP contribution is -2.53. The van der Waals surface area contributed by atoms with Crippen LogP contribution in [0.3, 0.4) is 0 Å². The number of aromatic nitrogens is 2. The fourth-order valence-electron chi connectivity index (χ4n) is 2.44. The summed E-state index contributed by atoms with van der Waals surface area (Å²) < 4.78 is 10.1. The summed E-state index contributed by atoms with van der Waals surface area (Å²) >= 11 is 0. The predicted octanol–water partition coefficient (Wildman–Crippen LogP) is 0.444. The Balaban J connectivity index is 2.17. The molecule has 7 nitrogen and oxygen atoms in total. The summed E-state index contributed by atoms with van der Waals surface area (Å²) in [4.78, 5) is 17.5. The average Bonchev–Trinajstić information content (AvgIpc) is 2.88. The third-order valence-electron chi connectivity index (χ3n) is 3.30. The highest BCUT2D eigenvalue weighted by Gasteiger charge is 2.48. The summed E-state index contributed by atoms with van der Waals surface area (Å²) in [5.41, 5.74) is -0.975. The third-order valence-corrected chi connectivity index (χ3v) is 3.30. The van der Waals surface area contributed by atoms with Crippen LogP contribution in [0.2, 0.25) is 0 Å². The SMILES string of the molecule is COCC1(C(=O)O)CCCN1Cc1nc(C)no1. The summed E-state index contributed by atoms with van der Waals surface area (Å²) in [6.45, 7) is 2.93. The number of nitrogens with zero attached hydrogens (tertiary/aromatic N) is 3. The van der Waals surface area contributed by atoms with Crippen molar-refractivity contribution in [2.24, 2.45) is 0 Å². The molecule has 1 unspecified atom stereocenters. The van der Waals surface area contributed by atoms with E-state index < -0.39 is 11.5 Å². The van der Waals surface area contributed by atoms with Crippen molar-refractivity contribution >= 4 is 5.97 Å². The lowest BCUT2D eigenvalue weighted by Gasteiger charge is -2.32. The molecule has 0 radical (unpaired) electrons. The van der Waals surface area contributed by atoms with Gasteiger partial charge in [0.15, 0.2) is 5.82 Å². The van der Waals surface area contributed by atoms with Gasteiger partial charge in [0, 0.05) is 7.11 Å². The molecule has 0 amide bonds. The largest absolute Gasteiger partial charge is 0.480 e. The number of carboxylic acid groups (broad SMARTS) is 1.